The predicted octanol–water partition coefficient (Wildman–Crippen LogP) is 4.59. The topological polar surface area (TPSA) is 89.7 Å². The number of phenolic OH excluding ortho intramolecular Hbond substituents is 1. The van der Waals surface area contributed by atoms with Crippen LogP contribution in [-0.2, 0) is 4.74 Å². The summed E-state index contributed by atoms with van der Waals surface area (Å²) in [7, 11) is 1.26. The predicted molar refractivity (Wildman–Crippen MR) is 91.7 cm³/mol. The Morgan fingerprint density at radius 2 is 1.78 bits per heavy atom. The molecule has 0 amide bonds. The Labute approximate surface area is 148 Å². The van der Waals surface area contributed by atoms with Crippen molar-refractivity contribution >= 4 is 43.5 Å². The van der Waals surface area contributed by atoms with E-state index >= 15 is 0 Å². The Morgan fingerprint density at radius 3 is 2.26 bits per heavy atom. The van der Waals surface area contributed by atoms with Crippen LogP contribution in [0.2, 0.25) is 0 Å². The van der Waals surface area contributed by atoms with Gasteiger partial charge in [0.2, 0.25) is 0 Å². The number of carbonyl (C=O) groups is 1. The first kappa shape index (κ1) is 17.4. The number of benzene rings is 2. The highest BCUT2D eigenvalue weighted by Gasteiger charge is 2.25. The van der Waals surface area contributed by atoms with Gasteiger partial charge in [0.1, 0.15) is 5.75 Å². The van der Waals surface area contributed by atoms with Crippen LogP contribution in [0.25, 0.3) is 11.1 Å². The van der Waals surface area contributed by atoms with Gasteiger partial charge < -0.3 is 9.84 Å². The molecule has 8 heteroatoms. The molecular formula is C15H11Br2NO5. The monoisotopic (exact) mass is 443 g/mol. The van der Waals surface area contributed by atoms with Crippen molar-refractivity contribution in [2.45, 2.75) is 6.92 Å². The summed E-state index contributed by atoms with van der Waals surface area (Å²) >= 11 is 6.51. The van der Waals surface area contributed by atoms with Gasteiger partial charge in [-0.3, -0.25) is 10.1 Å². The Balaban J connectivity index is 2.79. The molecule has 6 nitrogen and oxygen atoms in total. The summed E-state index contributed by atoms with van der Waals surface area (Å²) in [6.45, 7) is 1.66. The average molecular weight is 445 g/mol. The summed E-state index contributed by atoms with van der Waals surface area (Å²) in [5.74, 6) is -0.638. The maximum atomic E-state index is 12.2. The highest BCUT2D eigenvalue weighted by molar-refractivity contribution is 9.11. The molecule has 0 radical (unpaired) electrons. The lowest BCUT2D eigenvalue weighted by Gasteiger charge is -2.16. The van der Waals surface area contributed by atoms with Crippen LogP contribution < -0.4 is 0 Å². The molecular weight excluding hydrogens is 434 g/mol. The number of esters is 1. The number of nitrogens with zero attached hydrogens (tertiary/aromatic N) is 1. The van der Waals surface area contributed by atoms with Gasteiger partial charge in [0.05, 0.1) is 26.5 Å². The van der Waals surface area contributed by atoms with Gasteiger partial charge in [0.25, 0.3) is 5.69 Å². The second-order valence-corrected chi connectivity index (χ2v) is 6.23. The molecule has 1 N–H and O–H groups in total. The van der Waals surface area contributed by atoms with Crippen LogP contribution in [0, 0.1) is 17.0 Å². The van der Waals surface area contributed by atoms with E-state index in [0.29, 0.717) is 25.6 Å². The van der Waals surface area contributed by atoms with Crippen molar-refractivity contribution in [3.8, 4) is 16.9 Å². The summed E-state index contributed by atoms with van der Waals surface area (Å²) in [5.41, 5.74) is 1.64. The number of methoxy groups -OCH3 is 1. The molecule has 0 aliphatic heterocycles. The number of nitro groups is 1. The number of hydrogen-bond acceptors (Lipinski definition) is 5. The highest BCUT2D eigenvalue weighted by atomic mass is 79.9. The van der Waals surface area contributed by atoms with Gasteiger partial charge in [0.15, 0.2) is 0 Å². The van der Waals surface area contributed by atoms with Crippen LogP contribution in [-0.4, -0.2) is 23.1 Å². The van der Waals surface area contributed by atoms with Gasteiger partial charge in [-0.2, -0.15) is 0 Å². The van der Waals surface area contributed by atoms with E-state index in [2.05, 4.69) is 31.9 Å². The maximum Gasteiger partial charge on any atom is 0.338 e. The quantitative estimate of drug-likeness (QED) is 0.424. The van der Waals surface area contributed by atoms with E-state index in [1.54, 1.807) is 6.92 Å². The van der Waals surface area contributed by atoms with Crippen molar-refractivity contribution in [3.63, 3.8) is 0 Å². The number of rotatable bonds is 3. The first-order valence-corrected chi connectivity index (χ1v) is 7.91. The number of aromatic hydroxyl groups is 1. The molecule has 0 saturated carbocycles. The van der Waals surface area contributed by atoms with Crippen molar-refractivity contribution in [1.82, 2.24) is 0 Å². The zero-order chi connectivity index (χ0) is 17.3. The van der Waals surface area contributed by atoms with E-state index in [1.165, 1.54) is 31.4 Å². The molecule has 0 spiro atoms. The van der Waals surface area contributed by atoms with E-state index in [4.69, 9.17) is 4.74 Å². The van der Waals surface area contributed by atoms with Crippen molar-refractivity contribution in [2.24, 2.45) is 0 Å². The third-order valence-corrected chi connectivity index (χ3v) is 5.09. The zero-order valence-corrected chi connectivity index (χ0v) is 15.3. The van der Waals surface area contributed by atoms with E-state index in [1.807, 2.05) is 0 Å². The van der Waals surface area contributed by atoms with Crippen LogP contribution in [0.4, 0.5) is 5.69 Å². The summed E-state index contributed by atoms with van der Waals surface area (Å²) < 4.78 is 5.49. The van der Waals surface area contributed by atoms with Gasteiger partial charge in [-0.1, -0.05) is 0 Å². The molecule has 0 heterocycles. The van der Waals surface area contributed by atoms with Crippen molar-refractivity contribution in [2.75, 3.05) is 7.11 Å². The Kier molecular flexibility index (Phi) is 5.06. The zero-order valence-electron chi connectivity index (χ0n) is 12.1. The molecule has 0 fully saturated rings. The van der Waals surface area contributed by atoms with Gasteiger partial charge in [0, 0.05) is 17.7 Å². The largest absolute Gasteiger partial charge is 0.506 e. The minimum absolute atomic E-state index is 0.0662. The smallest absolute Gasteiger partial charge is 0.338 e. The molecule has 0 saturated heterocycles. The van der Waals surface area contributed by atoms with Crippen molar-refractivity contribution < 1.29 is 19.6 Å². The normalized spacial score (nSPS) is 10.4. The molecule has 0 atom stereocenters. The lowest BCUT2D eigenvalue weighted by Crippen LogP contribution is -2.08. The Bertz CT molecular complexity index is 803. The fourth-order valence-electron chi connectivity index (χ4n) is 2.18. The summed E-state index contributed by atoms with van der Waals surface area (Å²) in [5, 5.41) is 21.0. The molecule has 2 aromatic rings. The van der Waals surface area contributed by atoms with Crippen LogP contribution >= 0.6 is 31.9 Å². The molecule has 2 aromatic carbocycles. The van der Waals surface area contributed by atoms with Crippen molar-refractivity contribution in [3.05, 3.63) is 54.5 Å². The minimum Gasteiger partial charge on any atom is -0.506 e. The third kappa shape index (κ3) is 3.09. The first-order valence-electron chi connectivity index (χ1n) is 6.33. The second-order valence-electron chi connectivity index (χ2n) is 4.65. The number of hydrogen-bond donors (Lipinski definition) is 1. The lowest BCUT2D eigenvalue weighted by molar-refractivity contribution is -0.384. The number of phenols is 1. The standard InChI is InChI=1S/C15H11Br2NO5/c1-7-10(15(20)23-2)11(13(17)14(19)12(7)16)8-3-5-9(6-4-8)18(21)22/h3-6,19H,1-2H3. The number of ether oxygens (including phenoxy) is 1. The van der Waals surface area contributed by atoms with Gasteiger partial charge in [-0.25, -0.2) is 4.79 Å². The number of non-ortho nitro benzene ring substituents is 1. The highest BCUT2D eigenvalue weighted by Crippen LogP contribution is 2.45. The van der Waals surface area contributed by atoms with E-state index in [0.717, 1.165) is 0 Å². The van der Waals surface area contributed by atoms with E-state index in [9.17, 15) is 20.0 Å². The average Bonchev–Trinajstić information content (AvgIpc) is 2.55. The van der Waals surface area contributed by atoms with Crippen LogP contribution in [0.15, 0.2) is 33.2 Å². The molecule has 120 valence electrons. The second kappa shape index (κ2) is 6.67. The van der Waals surface area contributed by atoms with Gasteiger partial charge in [-0.05, 0) is 62.0 Å². The fraction of sp³-hybridized carbons (Fsp3) is 0.133. The number of carbonyl (C=O) groups excluding carboxylic acids is 1. The number of halogens is 2. The Morgan fingerprint density at radius 1 is 1.22 bits per heavy atom. The Hall–Kier alpha value is -1.93. The van der Waals surface area contributed by atoms with Gasteiger partial charge in [-0.15, -0.1) is 0 Å². The molecule has 2 rings (SSSR count). The van der Waals surface area contributed by atoms with E-state index < -0.39 is 10.9 Å². The van der Waals surface area contributed by atoms with Crippen LogP contribution in [0.3, 0.4) is 0 Å². The maximum absolute atomic E-state index is 12.2. The molecule has 0 aliphatic rings. The van der Waals surface area contributed by atoms with Crippen molar-refractivity contribution in [1.29, 1.82) is 0 Å². The summed E-state index contributed by atoms with van der Waals surface area (Å²) in [4.78, 5) is 22.4. The third-order valence-electron chi connectivity index (χ3n) is 3.35. The molecule has 0 unspecified atom stereocenters. The lowest BCUT2D eigenvalue weighted by atomic mass is 9.95. The molecule has 23 heavy (non-hydrogen) atoms. The molecule has 0 bridgehead atoms. The van der Waals surface area contributed by atoms with E-state index in [-0.39, 0.29) is 17.0 Å². The fourth-order valence-corrected chi connectivity index (χ4v) is 3.47. The minimum atomic E-state index is -0.572. The number of nitro benzene ring substituents is 1. The van der Waals surface area contributed by atoms with Gasteiger partial charge >= 0.3 is 5.97 Å². The SMILES string of the molecule is COC(=O)c1c(C)c(Br)c(O)c(Br)c1-c1ccc([N+](=O)[O-])cc1. The van der Waals surface area contributed by atoms with Crippen LogP contribution in [0.5, 0.6) is 5.75 Å². The first-order chi connectivity index (χ1) is 10.8. The summed E-state index contributed by atoms with van der Waals surface area (Å²) in [6.07, 6.45) is 0. The summed E-state index contributed by atoms with van der Waals surface area (Å²) in [6, 6.07) is 5.68. The molecule has 0 aromatic heterocycles. The van der Waals surface area contributed by atoms with Crippen LogP contribution in [0.1, 0.15) is 15.9 Å². The molecule has 0 aliphatic carbocycles.